The molecule has 0 saturated heterocycles. The molecule has 110 valence electrons. The van der Waals surface area contributed by atoms with Crippen LogP contribution < -0.4 is 10.6 Å². The highest BCUT2D eigenvalue weighted by molar-refractivity contribution is 5.85. The Morgan fingerprint density at radius 3 is 2.00 bits per heavy atom. The van der Waals surface area contributed by atoms with Gasteiger partial charge < -0.3 is 15.4 Å². The van der Waals surface area contributed by atoms with Gasteiger partial charge in [0, 0.05) is 12.1 Å². The fourth-order valence-electron chi connectivity index (χ4n) is 1.99. The molecule has 1 amide bonds. The molecular formula is C13H29ClN2O2. The molecule has 0 fully saturated rings. The molecule has 0 radical (unpaired) electrons. The van der Waals surface area contributed by atoms with E-state index in [-0.39, 0.29) is 18.5 Å². The Bertz CT molecular complexity index is 201. The van der Waals surface area contributed by atoms with Crippen molar-refractivity contribution in [3.8, 4) is 0 Å². The second-order valence-electron chi connectivity index (χ2n) is 4.39. The number of hydrogen-bond donors (Lipinski definition) is 2. The van der Waals surface area contributed by atoms with Crippen molar-refractivity contribution < 1.29 is 9.53 Å². The van der Waals surface area contributed by atoms with Crippen molar-refractivity contribution in [1.82, 2.24) is 10.6 Å². The molecule has 0 bridgehead atoms. The summed E-state index contributed by atoms with van der Waals surface area (Å²) >= 11 is 0. The number of carbonyl (C=O) groups excluding carboxylic acids is 1. The van der Waals surface area contributed by atoms with E-state index in [4.69, 9.17) is 0 Å². The highest BCUT2D eigenvalue weighted by Crippen LogP contribution is 2.18. The Balaban J connectivity index is 0. The lowest BCUT2D eigenvalue weighted by Crippen LogP contribution is -2.44. The van der Waals surface area contributed by atoms with E-state index >= 15 is 0 Å². The summed E-state index contributed by atoms with van der Waals surface area (Å²) < 4.78 is 4.50. The SMILES string of the molecule is CCC(CC)(CC)NCCCCNC(=O)OC.Cl. The molecule has 0 aromatic heterocycles. The Labute approximate surface area is 118 Å². The third-order valence-electron chi connectivity index (χ3n) is 3.59. The number of unbranched alkanes of at least 4 members (excludes halogenated alkanes) is 1. The van der Waals surface area contributed by atoms with Crippen LogP contribution in [0.2, 0.25) is 0 Å². The zero-order valence-corrected chi connectivity index (χ0v) is 13.0. The Morgan fingerprint density at radius 2 is 1.56 bits per heavy atom. The fraction of sp³-hybridized carbons (Fsp3) is 0.923. The molecule has 2 N–H and O–H groups in total. The number of halogens is 1. The van der Waals surface area contributed by atoms with Gasteiger partial charge in [0.25, 0.3) is 0 Å². The summed E-state index contributed by atoms with van der Waals surface area (Å²) in [5.74, 6) is 0. The quantitative estimate of drug-likeness (QED) is 0.638. The third kappa shape index (κ3) is 7.77. The minimum absolute atomic E-state index is 0. The summed E-state index contributed by atoms with van der Waals surface area (Å²) in [6, 6.07) is 0. The zero-order chi connectivity index (χ0) is 13.1. The molecule has 0 aromatic rings. The smallest absolute Gasteiger partial charge is 0.406 e. The summed E-state index contributed by atoms with van der Waals surface area (Å²) in [5, 5.41) is 6.32. The Morgan fingerprint density at radius 1 is 1.06 bits per heavy atom. The molecule has 0 unspecified atom stereocenters. The van der Waals surface area contributed by atoms with Crippen LogP contribution in [0, 0.1) is 0 Å². The second kappa shape index (κ2) is 11.6. The van der Waals surface area contributed by atoms with Gasteiger partial charge in [-0.05, 0) is 38.6 Å². The fourth-order valence-corrected chi connectivity index (χ4v) is 1.99. The van der Waals surface area contributed by atoms with Crippen LogP contribution in [-0.4, -0.2) is 31.8 Å². The molecule has 0 rings (SSSR count). The summed E-state index contributed by atoms with van der Waals surface area (Å²) in [5.41, 5.74) is 0.301. The van der Waals surface area contributed by atoms with Crippen molar-refractivity contribution in [3.63, 3.8) is 0 Å². The van der Waals surface area contributed by atoms with Crippen molar-refractivity contribution in [2.24, 2.45) is 0 Å². The molecule has 4 nitrogen and oxygen atoms in total. The first-order valence-electron chi connectivity index (χ1n) is 6.71. The number of rotatable bonds is 9. The third-order valence-corrected chi connectivity index (χ3v) is 3.59. The summed E-state index contributed by atoms with van der Waals surface area (Å²) in [7, 11) is 1.38. The van der Waals surface area contributed by atoms with Gasteiger partial charge in [0.1, 0.15) is 0 Å². The number of amides is 1. The maximum Gasteiger partial charge on any atom is 0.406 e. The van der Waals surface area contributed by atoms with Crippen LogP contribution in [0.3, 0.4) is 0 Å². The molecule has 0 aliphatic carbocycles. The highest BCUT2D eigenvalue weighted by Gasteiger charge is 2.21. The van der Waals surface area contributed by atoms with Crippen LogP contribution in [0.15, 0.2) is 0 Å². The first kappa shape index (κ1) is 19.9. The van der Waals surface area contributed by atoms with Crippen molar-refractivity contribution in [3.05, 3.63) is 0 Å². The topological polar surface area (TPSA) is 50.4 Å². The van der Waals surface area contributed by atoms with Gasteiger partial charge in [-0.25, -0.2) is 4.79 Å². The standard InChI is InChI=1S/C13H28N2O2.ClH/c1-5-13(6-2,7-3)15-11-9-8-10-14-12(16)17-4;/h15H,5-11H2,1-4H3,(H,14,16);1H. The molecular weight excluding hydrogens is 252 g/mol. The predicted molar refractivity (Wildman–Crippen MR) is 78.5 cm³/mol. The van der Waals surface area contributed by atoms with Gasteiger partial charge in [-0.1, -0.05) is 20.8 Å². The summed E-state index contributed by atoms with van der Waals surface area (Å²) in [4.78, 5) is 10.8. The van der Waals surface area contributed by atoms with E-state index < -0.39 is 0 Å². The lowest BCUT2D eigenvalue weighted by atomic mass is 9.90. The molecule has 18 heavy (non-hydrogen) atoms. The van der Waals surface area contributed by atoms with Crippen LogP contribution in [0.4, 0.5) is 4.79 Å². The van der Waals surface area contributed by atoms with Crippen molar-refractivity contribution in [1.29, 1.82) is 0 Å². The maximum absolute atomic E-state index is 10.8. The number of alkyl carbamates (subject to hydrolysis) is 1. The van der Waals surface area contributed by atoms with Crippen molar-refractivity contribution >= 4 is 18.5 Å². The first-order chi connectivity index (χ1) is 8.14. The van der Waals surface area contributed by atoms with Gasteiger partial charge in [0.15, 0.2) is 0 Å². The molecule has 0 atom stereocenters. The molecule has 0 aliphatic heterocycles. The molecule has 0 spiro atoms. The van der Waals surface area contributed by atoms with Gasteiger partial charge in [-0.2, -0.15) is 0 Å². The van der Waals surface area contributed by atoms with E-state index in [0.29, 0.717) is 12.1 Å². The van der Waals surface area contributed by atoms with E-state index in [1.165, 1.54) is 26.4 Å². The average molecular weight is 281 g/mol. The Kier molecular flexibility index (Phi) is 12.8. The zero-order valence-electron chi connectivity index (χ0n) is 12.2. The molecule has 0 aliphatic rings. The maximum atomic E-state index is 10.8. The van der Waals surface area contributed by atoms with Crippen molar-refractivity contribution in [2.45, 2.75) is 58.4 Å². The summed E-state index contributed by atoms with van der Waals surface area (Å²) in [6.45, 7) is 8.40. The molecule has 0 saturated carbocycles. The normalized spacial score (nSPS) is 10.7. The van der Waals surface area contributed by atoms with E-state index in [0.717, 1.165) is 19.4 Å². The van der Waals surface area contributed by atoms with Crippen molar-refractivity contribution in [2.75, 3.05) is 20.2 Å². The average Bonchev–Trinajstić information content (AvgIpc) is 2.38. The van der Waals surface area contributed by atoms with Gasteiger partial charge in [0.05, 0.1) is 7.11 Å². The number of hydrogen-bond acceptors (Lipinski definition) is 3. The highest BCUT2D eigenvalue weighted by atomic mass is 35.5. The molecule has 5 heteroatoms. The summed E-state index contributed by atoms with van der Waals surface area (Å²) in [6.07, 6.45) is 5.21. The van der Waals surface area contributed by atoms with Crippen LogP contribution in [-0.2, 0) is 4.74 Å². The second-order valence-corrected chi connectivity index (χ2v) is 4.39. The lowest BCUT2D eigenvalue weighted by Gasteiger charge is -2.32. The number of ether oxygens (including phenoxy) is 1. The van der Waals surface area contributed by atoms with E-state index in [1.807, 2.05) is 0 Å². The predicted octanol–water partition coefficient (Wildman–Crippen LogP) is 3.10. The van der Waals surface area contributed by atoms with Crippen LogP contribution >= 0.6 is 12.4 Å². The van der Waals surface area contributed by atoms with Gasteiger partial charge in [-0.15, -0.1) is 12.4 Å². The van der Waals surface area contributed by atoms with E-state index in [9.17, 15) is 4.79 Å². The van der Waals surface area contributed by atoms with Gasteiger partial charge >= 0.3 is 6.09 Å². The van der Waals surface area contributed by atoms with E-state index in [2.05, 4.69) is 36.1 Å². The van der Waals surface area contributed by atoms with E-state index in [1.54, 1.807) is 0 Å². The minimum atomic E-state index is -0.344. The number of carbonyl (C=O) groups is 1. The molecule has 0 heterocycles. The Hall–Kier alpha value is -0.480. The number of methoxy groups -OCH3 is 1. The van der Waals surface area contributed by atoms with Gasteiger partial charge in [0.2, 0.25) is 0 Å². The van der Waals surface area contributed by atoms with Crippen LogP contribution in [0.1, 0.15) is 52.9 Å². The largest absolute Gasteiger partial charge is 0.453 e. The minimum Gasteiger partial charge on any atom is -0.453 e. The number of nitrogens with one attached hydrogen (secondary N) is 2. The first-order valence-corrected chi connectivity index (χ1v) is 6.71. The molecule has 0 aromatic carbocycles. The van der Waals surface area contributed by atoms with Crippen LogP contribution in [0.5, 0.6) is 0 Å². The van der Waals surface area contributed by atoms with Gasteiger partial charge in [-0.3, -0.25) is 0 Å². The monoisotopic (exact) mass is 280 g/mol. The lowest BCUT2D eigenvalue weighted by molar-refractivity contribution is 0.171. The van der Waals surface area contributed by atoms with Crippen LogP contribution in [0.25, 0.3) is 0 Å².